The van der Waals surface area contributed by atoms with E-state index in [9.17, 15) is 4.79 Å². The molecule has 5 nitrogen and oxygen atoms in total. The highest BCUT2D eigenvalue weighted by Gasteiger charge is 2.12. The van der Waals surface area contributed by atoms with Crippen molar-refractivity contribution in [1.82, 2.24) is 4.98 Å². The van der Waals surface area contributed by atoms with Gasteiger partial charge in [0.15, 0.2) is 0 Å². The van der Waals surface area contributed by atoms with Gasteiger partial charge in [-0.25, -0.2) is 0 Å². The van der Waals surface area contributed by atoms with Crippen LogP contribution in [0.3, 0.4) is 0 Å². The summed E-state index contributed by atoms with van der Waals surface area (Å²) in [6.07, 6.45) is 0.780. The van der Waals surface area contributed by atoms with Crippen molar-refractivity contribution in [2.24, 2.45) is 0 Å². The van der Waals surface area contributed by atoms with E-state index < -0.39 is 0 Å². The molecule has 2 aromatic carbocycles. The van der Waals surface area contributed by atoms with Crippen molar-refractivity contribution in [1.29, 1.82) is 0 Å². The fourth-order valence-corrected chi connectivity index (χ4v) is 3.00. The summed E-state index contributed by atoms with van der Waals surface area (Å²) in [7, 11) is 1.67. The highest BCUT2D eigenvalue weighted by Crippen LogP contribution is 2.25. The van der Waals surface area contributed by atoms with Gasteiger partial charge >= 0.3 is 0 Å². The van der Waals surface area contributed by atoms with Crippen LogP contribution in [-0.4, -0.2) is 24.1 Å². The summed E-state index contributed by atoms with van der Waals surface area (Å²) in [5.74, 6) is 1.10. The number of amides is 1. The summed E-state index contributed by atoms with van der Waals surface area (Å²) in [5.41, 5.74) is 2.79. The van der Waals surface area contributed by atoms with E-state index in [0.29, 0.717) is 39.9 Å². The number of carbonyl (C=O) groups is 1. The second-order valence-corrected chi connectivity index (χ2v) is 7.16. The Balaban J connectivity index is 1.64. The van der Waals surface area contributed by atoms with Gasteiger partial charge in [0.1, 0.15) is 11.5 Å². The Labute approximate surface area is 175 Å². The van der Waals surface area contributed by atoms with Crippen molar-refractivity contribution in [2.45, 2.75) is 26.4 Å². The SMILES string of the molecule is COC(C)Cc1ccc(C(=O)Nc2ccc(Oc3cccc(Cl)c3)cc2)c(C)n1. The summed E-state index contributed by atoms with van der Waals surface area (Å²) in [6.45, 7) is 3.81. The van der Waals surface area contributed by atoms with E-state index in [0.717, 1.165) is 5.69 Å². The smallest absolute Gasteiger partial charge is 0.257 e. The zero-order valence-electron chi connectivity index (χ0n) is 16.6. The van der Waals surface area contributed by atoms with Crippen LogP contribution in [0.2, 0.25) is 5.02 Å². The van der Waals surface area contributed by atoms with Crippen LogP contribution in [0.1, 0.15) is 28.7 Å². The number of rotatable bonds is 7. The van der Waals surface area contributed by atoms with Gasteiger partial charge < -0.3 is 14.8 Å². The molecule has 0 saturated heterocycles. The Morgan fingerprint density at radius 2 is 1.86 bits per heavy atom. The molecule has 0 saturated carbocycles. The first-order chi connectivity index (χ1) is 13.9. The molecule has 1 aromatic heterocycles. The Morgan fingerprint density at radius 3 is 2.52 bits per heavy atom. The van der Waals surface area contributed by atoms with Crippen LogP contribution in [0.15, 0.2) is 60.7 Å². The number of aromatic nitrogens is 1. The van der Waals surface area contributed by atoms with Gasteiger partial charge in [-0.1, -0.05) is 17.7 Å². The molecule has 1 heterocycles. The molecule has 1 atom stereocenters. The van der Waals surface area contributed by atoms with Crippen LogP contribution < -0.4 is 10.1 Å². The number of carbonyl (C=O) groups excluding carboxylic acids is 1. The molecule has 150 valence electrons. The summed E-state index contributed by atoms with van der Waals surface area (Å²) in [6, 6.07) is 18.0. The maximum Gasteiger partial charge on any atom is 0.257 e. The van der Waals surface area contributed by atoms with Gasteiger partial charge in [0, 0.05) is 29.9 Å². The molecule has 0 aliphatic rings. The second kappa shape index (κ2) is 9.54. The summed E-state index contributed by atoms with van der Waals surface area (Å²) < 4.78 is 11.0. The molecule has 1 unspecified atom stereocenters. The van der Waals surface area contributed by atoms with Crippen LogP contribution in [0.4, 0.5) is 5.69 Å². The zero-order chi connectivity index (χ0) is 20.8. The third kappa shape index (κ3) is 5.79. The van der Waals surface area contributed by atoms with Gasteiger partial charge in [-0.3, -0.25) is 9.78 Å². The lowest BCUT2D eigenvalue weighted by Gasteiger charge is -2.12. The zero-order valence-corrected chi connectivity index (χ0v) is 17.4. The molecule has 29 heavy (non-hydrogen) atoms. The number of ether oxygens (including phenoxy) is 2. The van der Waals surface area contributed by atoms with E-state index >= 15 is 0 Å². The molecule has 0 radical (unpaired) electrons. The topological polar surface area (TPSA) is 60.5 Å². The molecule has 0 spiro atoms. The molecule has 1 amide bonds. The predicted molar refractivity (Wildman–Crippen MR) is 115 cm³/mol. The summed E-state index contributed by atoms with van der Waals surface area (Å²) in [4.78, 5) is 17.1. The van der Waals surface area contributed by atoms with E-state index in [1.54, 1.807) is 49.6 Å². The largest absolute Gasteiger partial charge is 0.457 e. The number of hydrogen-bond donors (Lipinski definition) is 1. The molecular weight excluding hydrogens is 388 g/mol. The van der Waals surface area contributed by atoms with E-state index in [1.807, 2.05) is 32.0 Å². The standard InChI is InChI=1S/C23H23ClN2O3/c1-15(28-3)13-19-9-12-22(16(2)25-19)23(27)26-18-7-10-20(11-8-18)29-21-6-4-5-17(24)14-21/h4-12,14-15H,13H2,1-3H3,(H,26,27). The van der Waals surface area contributed by atoms with Crippen LogP contribution >= 0.6 is 11.6 Å². The predicted octanol–water partition coefficient (Wildman–Crippen LogP) is 5.67. The van der Waals surface area contributed by atoms with E-state index in [-0.39, 0.29) is 12.0 Å². The average molecular weight is 411 g/mol. The normalized spacial score (nSPS) is 11.7. The number of nitrogens with zero attached hydrogens (tertiary/aromatic N) is 1. The van der Waals surface area contributed by atoms with Crippen LogP contribution in [-0.2, 0) is 11.2 Å². The molecule has 6 heteroatoms. The van der Waals surface area contributed by atoms with Crippen LogP contribution in [0.25, 0.3) is 0 Å². The minimum Gasteiger partial charge on any atom is -0.457 e. The molecule has 0 aliphatic carbocycles. The quantitative estimate of drug-likeness (QED) is 0.545. The van der Waals surface area contributed by atoms with Crippen LogP contribution in [0, 0.1) is 6.92 Å². The minimum atomic E-state index is -0.204. The van der Waals surface area contributed by atoms with E-state index in [2.05, 4.69) is 10.3 Å². The van der Waals surface area contributed by atoms with Crippen LogP contribution in [0.5, 0.6) is 11.5 Å². The summed E-state index contributed by atoms with van der Waals surface area (Å²) in [5, 5.41) is 3.50. The lowest BCUT2D eigenvalue weighted by Crippen LogP contribution is -2.16. The molecule has 0 fully saturated rings. The Morgan fingerprint density at radius 1 is 1.10 bits per heavy atom. The van der Waals surface area contributed by atoms with Crippen molar-refractivity contribution < 1.29 is 14.3 Å². The molecule has 0 bridgehead atoms. The van der Waals surface area contributed by atoms with Gasteiger partial charge in [0.05, 0.1) is 17.4 Å². The second-order valence-electron chi connectivity index (χ2n) is 6.72. The number of aryl methyl sites for hydroxylation is 1. The number of hydrogen-bond acceptors (Lipinski definition) is 4. The molecule has 3 aromatic rings. The fraction of sp³-hybridized carbons (Fsp3) is 0.217. The number of benzene rings is 2. The Kier molecular flexibility index (Phi) is 6.86. The minimum absolute atomic E-state index is 0.0780. The molecule has 3 rings (SSSR count). The number of anilines is 1. The van der Waals surface area contributed by atoms with Crippen molar-refractivity contribution in [3.05, 3.63) is 82.6 Å². The fourth-order valence-electron chi connectivity index (χ4n) is 2.82. The van der Waals surface area contributed by atoms with Gasteiger partial charge in [0.25, 0.3) is 5.91 Å². The first kappa shape index (κ1) is 20.8. The van der Waals surface area contributed by atoms with Crippen molar-refractivity contribution in [2.75, 3.05) is 12.4 Å². The van der Waals surface area contributed by atoms with Gasteiger partial charge in [-0.15, -0.1) is 0 Å². The highest BCUT2D eigenvalue weighted by molar-refractivity contribution is 6.30. The Hall–Kier alpha value is -2.89. The monoisotopic (exact) mass is 410 g/mol. The first-order valence-corrected chi connectivity index (χ1v) is 9.66. The summed E-state index contributed by atoms with van der Waals surface area (Å²) >= 11 is 5.97. The number of methoxy groups -OCH3 is 1. The van der Waals surface area contributed by atoms with Gasteiger partial charge in [-0.05, 0) is 68.4 Å². The molecular formula is C23H23ClN2O3. The lowest BCUT2D eigenvalue weighted by molar-refractivity contribution is 0.102. The number of halogens is 1. The maximum absolute atomic E-state index is 12.6. The van der Waals surface area contributed by atoms with Gasteiger partial charge in [-0.2, -0.15) is 0 Å². The van der Waals surface area contributed by atoms with Crippen molar-refractivity contribution in [3.8, 4) is 11.5 Å². The van der Waals surface area contributed by atoms with E-state index in [1.165, 1.54) is 0 Å². The maximum atomic E-state index is 12.6. The first-order valence-electron chi connectivity index (χ1n) is 9.29. The highest BCUT2D eigenvalue weighted by atomic mass is 35.5. The number of nitrogens with one attached hydrogen (secondary N) is 1. The number of pyridine rings is 1. The third-order valence-electron chi connectivity index (χ3n) is 4.43. The molecule has 1 N–H and O–H groups in total. The lowest BCUT2D eigenvalue weighted by atomic mass is 10.1. The average Bonchev–Trinajstić information content (AvgIpc) is 2.69. The van der Waals surface area contributed by atoms with Crippen molar-refractivity contribution >= 4 is 23.2 Å². The van der Waals surface area contributed by atoms with Gasteiger partial charge in [0.2, 0.25) is 0 Å². The molecule has 0 aliphatic heterocycles. The van der Waals surface area contributed by atoms with E-state index in [4.69, 9.17) is 21.1 Å². The Bertz CT molecular complexity index is 990. The van der Waals surface area contributed by atoms with Crippen molar-refractivity contribution in [3.63, 3.8) is 0 Å². The third-order valence-corrected chi connectivity index (χ3v) is 4.67.